The van der Waals surface area contributed by atoms with Crippen LogP contribution >= 0.6 is 0 Å². The van der Waals surface area contributed by atoms with E-state index in [0.29, 0.717) is 11.5 Å². The number of halogens is 2. The molecule has 8 nitrogen and oxygen atoms in total. The van der Waals surface area contributed by atoms with E-state index in [1.54, 1.807) is 0 Å². The molecule has 0 unspecified atom stereocenters. The van der Waals surface area contributed by atoms with Crippen molar-refractivity contribution in [2.24, 2.45) is 0 Å². The van der Waals surface area contributed by atoms with Crippen molar-refractivity contribution in [1.29, 1.82) is 0 Å². The predicted octanol–water partition coefficient (Wildman–Crippen LogP) is 2.35. The first-order chi connectivity index (χ1) is 17.3. The highest BCUT2D eigenvalue weighted by atomic mass is 19.1. The highest BCUT2D eigenvalue weighted by molar-refractivity contribution is 5.97. The number of rotatable bonds is 8. The standard InChI is InChI=1S/C26H18F2N2O6/c27-15-1-5-17(6-2-15)35-11-9-29-23(31)19-13-21-22(14-20(19)24(29)32)26(34)30(25(21)33)10-12-36-18-7-3-16(28)4-8-18/h1-8,13-14H,9-12H2. The van der Waals surface area contributed by atoms with E-state index in [9.17, 15) is 28.0 Å². The Bertz CT molecular complexity index is 1570. The maximum atomic E-state index is 13.0. The number of fused-ring (bicyclic) bond motifs is 2. The van der Waals surface area contributed by atoms with Gasteiger partial charge in [-0.25, -0.2) is 8.78 Å². The molecule has 3 aromatic carbocycles. The molecular formula is C26H18F2N2O6. The van der Waals surface area contributed by atoms with E-state index in [1.807, 2.05) is 0 Å². The average molecular weight is 492 g/mol. The van der Waals surface area contributed by atoms with Crippen molar-refractivity contribution < 1.29 is 18.3 Å². The topological polar surface area (TPSA) is 96.6 Å². The minimum absolute atomic E-state index is 0.0174. The highest BCUT2D eigenvalue weighted by Gasteiger charge is 2.19. The Balaban J connectivity index is 1.39. The minimum Gasteiger partial charge on any atom is -0.492 e. The zero-order valence-electron chi connectivity index (χ0n) is 18.7. The number of aromatic nitrogens is 2. The van der Waals surface area contributed by atoms with E-state index in [2.05, 4.69) is 0 Å². The molecule has 0 fully saturated rings. The fourth-order valence-electron chi connectivity index (χ4n) is 4.05. The summed E-state index contributed by atoms with van der Waals surface area (Å²) in [7, 11) is 0. The third-order valence-electron chi connectivity index (χ3n) is 5.85. The number of ether oxygens (including phenoxy) is 2. The van der Waals surface area contributed by atoms with Gasteiger partial charge in [0.2, 0.25) is 0 Å². The second-order valence-corrected chi connectivity index (χ2v) is 8.07. The fourth-order valence-corrected chi connectivity index (χ4v) is 4.05. The summed E-state index contributed by atoms with van der Waals surface area (Å²) in [6.07, 6.45) is 0. The Kier molecular flexibility index (Phi) is 5.93. The summed E-state index contributed by atoms with van der Waals surface area (Å²) >= 11 is 0. The zero-order chi connectivity index (χ0) is 25.4. The van der Waals surface area contributed by atoms with E-state index in [0.717, 1.165) is 9.13 Å². The van der Waals surface area contributed by atoms with Crippen LogP contribution in [0.4, 0.5) is 8.78 Å². The van der Waals surface area contributed by atoms with Crippen LogP contribution in [-0.4, -0.2) is 22.3 Å². The van der Waals surface area contributed by atoms with Crippen LogP contribution < -0.4 is 31.7 Å². The lowest BCUT2D eigenvalue weighted by atomic mass is 10.1. The molecule has 36 heavy (non-hydrogen) atoms. The quantitative estimate of drug-likeness (QED) is 0.330. The Morgan fingerprint density at radius 2 is 0.833 bits per heavy atom. The number of benzene rings is 3. The molecule has 5 aromatic rings. The van der Waals surface area contributed by atoms with Gasteiger partial charge in [0.05, 0.1) is 34.6 Å². The number of nitrogens with zero attached hydrogens (tertiary/aromatic N) is 2. The Labute approximate surface area is 200 Å². The van der Waals surface area contributed by atoms with Gasteiger partial charge in [-0.1, -0.05) is 0 Å². The molecule has 0 aliphatic rings. The van der Waals surface area contributed by atoms with Crippen LogP contribution in [-0.2, 0) is 13.1 Å². The first-order valence-corrected chi connectivity index (χ1v) is 11.0. The van der Waals surface area contributed by atoms with Gasteiger partial charge in [-0.2, -0.15) is 0 Å². The van der Waals surface area contributed by atoms with Crippen LogP contribution in [0.5, 0.6) is 11.5 Å². The second-order valence-electron chi connectivity index (χ2n) is 8.07. The Hall–Kier alpha value is -4.60. The lowest BCUT2D eigenvalue weighted by Crippen LogP contribution is -2.28. The molecule has 0 atom stereocenters. The molecule has 182 valence electrons. The molecule has 0 aliphatic carbocycles. The van der Waals surface area contributed by atoms with Crippen molar-refractivity contribution in [3.63, 3.8) is 0 Å². The van der Waals surface area contributed by atoms with Gasteiger partial charge in [-0.05, 0) is 60.7 Å². The predicted molar refractivity (Wildman–Crippen MR) is 129 cm³/mol. The van der Waals surface area contributed by atoms with Crippen LogP contribution in [0.25, 0.3) is 21.5 Å². The second kappa shape index (κ2) is 9.21. The van der Waals surface area contributed by atoms with Crippen molar-refractivity contribution in [3.05, 3.63) is 114 Å². The molecule has 0 radical (unpaired) electrons. The van der Waals surface area contributed by atoms with Crippen LogP contribution in [0.1, 0.15) is 0 Å². The van der Waals surface area contributed by atoms with Gasteiger partial charge in [0, 0.05) is 0 Å². The number of hydrogen-bond acceptors (Lipinski definition) is 6. The van der Waals surface area contributed by atoms with E-state index in [-0.39, 0.29) is 47.8 Å². The van der Waals surface area contributed by atoms with Gasteiger partial charge in [-0.3, -0.25) is 28.3 Å². The van der Waals surface area contributed by atoms with Gasteiger partial charge in [-0.15, -0.1) is 0 Å². The summed E-state index contributed by atoms with van der Waals surface area (Å²) in [5.74, 6) is -0.0732. The van der Waals surface area contributed by atoms with Crippen molar-refractivity contribution in [1.82, 2.24) is 9.13 Å². The maximum absolute atomic E-state index is 13.0. The summed E-state index contributed by atoms with van der Waals surface area (Å²) in [5.41, 5.74) is -2.39. The zero-order valence-corrected chi connectivity index (χ0v) is 18.7. The molecule has 0 saturated heterocycles. The molecule has 10 heteroatoms. The summed E-state index contributed by atoms with van der Waals surface area (Å²) in [4.78, 5) is 51.4. The SMILES string of the molecule is O=c1c2cc3c(=O)n(CCOc4ccc(F)cc4)c(=O)c3cc2c(=O)n1CCOc1ccc(F)cc1. The Morgan fingerprint density at radius 3 is 1.14 bits per heavy atom. The van der Waals surface area contributed by atoms with Gasteiger partial charge in [0.25, 0.3) is 22.2 Å². The molecular weight excluding hydrogens is 474 g/mol. The summed E-state index contributed by atoms with van der Waals surface area (Å²) in [5, 5.41) is 0.134. The van der Waals surface area contributed by atoms with E-state index in [4.69, 9.17) is 9.47 Å². The fraction of sp³-hybridized carbons (Fsp3) is 0.154. The lowest BCUT2D eigenvalue weighted by Gasteiger charge is -2.05. The third-order valence-corrected chi connectivity index (χ3v) is 5.85. The molecule has 2 aromatic heterocycles. The van der Waals surface area contributed by atoms with Gasteiger partial charge in [0.1, 0.15) is 36.3 Å². The normalized spacial score (nSPS) is 11.4. The van der Waals surface area contributed by atoms with Crippen LogP contribution in [0, 0.1) is 11.6 Å². The third kappa shape index (κ3) is 4.17. The smallest absolute Gasteiger partial charge is 0.261 e. The first kappa shape index (κ1) is 23.2. The van der Waals surface area contributed by atoms with Crippen LogP contribution in [0.2, 0.25) is 0 Å². The first-order valence-electron chi connectivity index (χ1n) is 11.0. The number of hydrogen-bond donors (Lipinski definition) is 0. The van der Waals surface area contributed by atoms with Crippen molar-refractivity contribution >= 4 is 21.5 Å². The average Bonchev–Trinajstić information content (AvgIpc) is 3.25. The summed E-state index contributed by atoms with van der Waals surface area (Å²) < 4.78 is 38.9. The van der Waals surface area contributed by atoms with E-state index < -0.39 is 33.9 Å². The molecule has 0 amide bonds. The highest BCUT2D eigenvalue weighted by Crippen LogP contribution is 2.15. The summed E-state index contributed by atoms with van der Waals surface area (Å²) in [6, 6.07) is 13.2. The lowest BCUT2D eigenvalue weighted by molar-refractivity contribution is 0.295. The monoisotopic (exact) mass is 492 g/mol. The molecule has 0 spiro atoms. The van der Waals surface area contributed by atoms with Gasteiger partial charge in [0.15, 0.2) is 0 Å². The summed E-state index contributed by atoms with van der Waals surface area (Å²) in [6.45, 7) is -0.167. The molecule has 5 rings (SSSR count). The van der Waals surface area contributed by atoms with Crippen molar-refractivity contribution in [2.75, 3.05) is 13.2 Å². The molecule has 0 bridgehead atoms. The molecule has 0 saturated carbocycles. The molecule has 0 aliphatic heterocycles. The van der Waals surface area contributed by atoms with Crippen LogP contribution in [0.3, 0.4) is 0 Å². The van der Waals surface area contributed by atoms with Crippen LogP contribution in [0.15, 0.2) is 79.8 Å². The largest absolute Gasteiger partial charge is 0.492 e. The van der Waals surface area contributed by atoms with E-state index in [1.165, 1.54) is 60.7 Å². The van der Waals surface area contributed by atoms with Gasteiger partial charge < -0.3 is 9.47 Å². The van der Waals surface area contributed by atoms with Crippen molar-refractivity contribution in [2.45, 2.75) is 13.1 Å². The van der Waals surface area contributed by atoms with Crippen molar-refractivity contribution in [3.8, 4) is 11.5 Å². The molecule has 0 N–H and O–H groups in total. The Morgan fingerprint density at radius 1 is 0.528 bits per heavy atom. The van der Waals surface area contributed by atoms with Gasteiger partial charge >= 0.3 is 0 Å². The maximum Gasteiger partial charge on any atom is 0.261 e. The van der Waals surface area contributed by atoms with E-state index >= 15 is 0 Å². The molecule has 2 heterocycles. The minimum atomic E-state index is -0.598.